The van der Waals surface area contributed by atoms with Crippen molar-refractivity contribution in [3.8, 4) is 0 Å². The largest absolute Gasteiger partial charge is 0.444 e. The van der Waals surface area contributed by atoms with Gasteiger partial charge >= 0.3 is 6.09 Å². The summed E-state index contributed by atoms with van der Waals surface area (Å²) in [5.74, 6) is -0.0656. The molecule has 2 amide bonds. The summed E-state index contributed by atoms with van der Waals surface area (Å²) in [5.41, 5.74) is -0.508. The quantitative estimate of drug-likeness (QED) is 0.750. The normalized spacial score (nSPS) is 19.1. The lowest BCUT2D eigenvalue weighted by atomic mass is 10.2. The first-order chi connectivity index (χ1) is 9.28. The van der Waals surface area contributed by atoms with Crippen LogP contribution < -0.4 is 0 Å². The summed E-state index contributed by atoms with van der Waals surface area (Å²) >= 11 is 5.62. The van der Waals surface area contributed by atoms with Crippen molar-refractivity contribution in [1.29, 1.82) is 0 Å². The maximum absolute atomic E-state index is 12.1. The van der Waals surface area contributed by atoms with Gasteiger partial charge in [-0.2, -0.15) is 0 Å². The lowest BCUT2D eigenvalue weighted by molar-refractivity contribution is -0.129. The van der Waals surface area contributed by atoms with Crippen LogP contribution in [0.1, 0.15) is 40.5 Å². The van der Waals surface area contributed by atoms with Gasteiger partial charge in [0.25, 0.3) is 0 Å². The number of hydrogen-bond acceptors (Lipinski definition) is 3. The Hall–Kier alpha value is -0.970. The minimum absolute atomic E-state index is 0.00490. The minimum atomic E-state index is -0.508. The van der Waals surface area contributed by atoms with E-state index in [1.165, 1.54) is 0 Å². The zero-order valence-electron chi connectivity index (χ0n) is 12.8. The standard InChI is InChI=1S/C14H25ClN2O3/c1-5-16(13(19)20-14(2,3)4)10-11-7-6-8-17(11)12(18)9-15/h11H,5-10H2,1-4H3/t11-/m0/s1. The summed E-state index contributed by atoms with van der Waals surface area (Å²) in [5, 5.41) is 0. The molecule has 1 fully saturated rings. The zero-order chi connectivity index (χ0) is 15.3. The van der Waals surface area contributed by atoms with Gasteiger partial charge in [0.2, 0.25) is 5.91 Å². The van der Waals surface area contributed by atoms with Crippen molar-refractivity contribution in [1.82, 2.24) is 9.80 Å². The number of halogens is 1. The molecule has 0 aliphatic carbocycles. The van der Waals surface area contributed by atoms with Crippen LogP contribution in [0.15, 0.2) is 0 Å². The molecule has 0 spiro atoms. The second-order valence-corrected chi connectivity index (χ2v) is 6.30. The molecule has 0 unspecified atom stereocenters. The third-order valence-corrected chi connectivity index (χ3v) is 3.50. The van der Waals surface area contributed by atoms with Crippen LogP contribution in [-0.4, -0.2) is 59.0 Å². The number of alkyl halides is 1. The van der Waals surface area contributed by atoms with Crippen LogP contribution in [0.5, 0.6) is 0 Å². The number of rotatable bonds is 4. The lowest BCUT2D eigenvalue weighted by Crippen LogP contribution is -2.46. The van der Waals surface area contributed by atoms with Gasteiger partial charge in [0.1, 0.15) is 11.5 Å². The van der Waals surface area contributed by atoms with E-state index in [2.05, 4.69) is 0 Å². The van der Waals surface area contributed by atoms with E-state index in [1.807, 2.05) is 27.7 Å². The van der Waals surface area contributed by atoms with Gasteiger partial charge < -0.3 is 14.5 Å². The maximum atomic E-state index is 12.1. The number of carbonyl (C=O) groups excluding carboxylic acids is 2. The zero-order valence-corrected chi connectivity index (χ0v) is 13.6. The van der Waals surface area contributed by atoms with Crippen LogP contribution in [0, 0.1) is 0 Å². The number of amides is 2. The van der Waals surface area contributed by atoms with Gasteiger partial charge in [-0.15, -0.1) is 11.6 Å². The third-order valence-electron chi connectivity index (χ3n) is 3.28. The van der Waals surface area contributed by atoms with Crippen molar-refractivity contribution in [2.24, 2.45) is 0 Å². The average molecular weight is 305 g/mol. The van der Waals surface area contributed by atoms with E-state index in [1.54, 1.807) is 9.80 Å². The van der Waals surface area contributed by atoms with Crippen molar-refractivity contribution in [3.63, 3.8) is 0 Å². The van der Waals surface area contributed by atoms with E-state index >= 15 is 0 Å². The molecule has 1 aliphatic rings. The van der Waals surface area contributed by atoms with E-state index in [-0.39, 0.29) is 23.9 Å². The van der Waals surface area contributed by atoms with Gasteiger partial charge in [-0.3, -0.25) is 4.79 Å². The van der Waals surface area contributed by atoms with E-state index in [0.717, 1.165) is 19.4 Å². The molecule has 0 aromatic rings. The molecule has 0 saturated carbocycles. The van der Waals surface area contributed by atoms with Crippen LogP contribution in [0.3, 0.4) is 0 Å². The summed E-state index contributed by atoms with van der Waals surface area (Å²) in [6, 6.07) is 0.0497. The maximum Gasteiger partial charge on any atom is 0.410 e. The van der Waals surface area contributed by atoms with E-state index < -0.39 is 5.60 Å². The molecule has 0 radical (unpaired) electrons. The van der Waals surface area contributed by atoms with Crippen LogP contribution in [0.2, 0.25) is 0 Å². The Balaban J connectivity index is 2.63. The molecular formula is C14H25ClN2O3. The van der Waals surface area contributed by atoms with Crippen molar-refractivity contribution in [2.75, 3.05) is 25.5 Å². The highest BCUT2D eigenvalue weighted by Gasteiger charge is 2.31. The SMILES string of the molecule is CCN(C[C@@H]1CCCN1C(=O)CCl)C(=O)OC(C)(C)C. The van der Waals surface area contributed by atoms with Crippen LogP contribution >= 0.6 is 11.6 Å². The summed E-state index contributed by atoms with van der Waals surface area (Å²) in [6.07, 6.45) is 1.53. The Labute approximate surface area is 126 Å². The van der Waals surface area contributed by atoms with Gasteiger partial charge in [-0.05, 0) is 40.5 Å². The van der Waals surface area contributed by atoms with Crippen molar-refractivity contribution in [3.05, 3.63) is 0 Å². The highest BCUT2D eigenvalue weighted by molar-refractivity contribution is 6.27. The third kappa shape index (κ3) is 4.85. The second-order valence-electron chi connectivity index (χ2n) is 6.04. The van der Waals surface area contributed by atoms with E-state index in [0.29, 0.717) is 13.1 Å². The number of carbonyl (C=O) groups is 2. The molecule has 0 aromatic carbocycles. The van der Waals surface area contributed by atoms with Crippen LogP contribution in [0.4, 0.5) is 4.79 Å². The van der Waals surface area contributed by atoms with Gasteiger partial charge in [0.05, 0.1) is 0 Å². The number of likely N-dealkylation sites (N-methyl/N-ethyl adjacent to an activating group) is 1. The van der Waals surface area contributed by atoms with E-state index in [4.69, 9.17) is 16.3 Å². The van der Waals surface area contributed by atoms with Crippen molar-refractivity contribution in [2.45, 2.75) is 52.2 Å². The molecule has 1 saturated heterocycles. The Morgan fingerprint density at radius 3 is 2.55 bits per heavy atom. The molecule has 6 heteroatoms. The number of nitrogens with zero attached hydrogens (tertiary/aromatic N) is 2. The van der Waals surface area contributed by atoms with Crippen LogP contribution in [-0.2, 0) is 9.53 Å². The number of hydrogen-bond donors (Lipinski definition) is 0. The first kappa shape index (κ1) is 17.1. The first-order valence-corrected chi connectivity index (χ1v) is 7.65. The molecule has 20 heavy (non-hydrogen) atoms. The molecule has 0 aromatic heterocycles. The van der Waals surface area contributed by atoms with Crippen molar-refractivity contribution >= 4 is 23.6 Å². The highest BCUT2D eigenvalue weighted by Crippen LogP contribution is 2.20. The molecule has 1 atom stereocenters. The topological polar surface area (TPSA) is 49.9 Å². The van der Waals surface area contributed by atoms with Crippen LogP contribution in [0.25, 0.3) is 0 Å². The van der Waals surface area contributed by atoms with Crippen molar-refractivity contribution < 1.29 is 14.3 Å². The molecular weight excluding hydrogens is 280 g/mol. The predicted molar refractivity (Wildman–Crippen MR) is 78.9 cm³/mol. The first-order valence-electron chi connectivity index (χ1n) is 7.12. The second kappa shape index (κ2) is 7.16. The molecule has 1 aliphatic heterocycles. The summed E-state index contributed by atoms with van der Waals surface area (Å²) in [4.78, 5) is 27.3. The van der Waals surface area contributed by atoms with Gasteiger partial charge in [0.15, 0.2) is 0 Å². The summed E-state index contributed by atoms with van der Waals surface area (Å²) in [6.45, 7) is 9.24. The van der Waals surface area contributed by atoms with Gasteiger partial charge in [0, 0.05) is 25.7 Å². The fourth-order valence-electron chi connectivity index (χ4n) is 2.34. The Kier molecular flexibility index (Phi) is 6.11. The predicted octanol–water partition coefficient (Wildman–Crippen LogP) is 2.47. The highest BCUT2D eigenvalue weighted by atomic mass is 35.5. The number of likely N-dealkylation sites (tertiary alicyclic amines) is 1. The molecule has 0 N–H and O–H groups in total. The fraction of sp³-hybridized carbons (Fsp3) is 0.857. The number of ether oxygens (including phenoxy) is 1. The van der Waals surface area contributed by atoms with Gasteiger partial charge in [-0.25, -0.2) is 4.79 Å². The Morgan fingerprint density at radius 2 is 2.05 bits per heavy atom. The summed E-state index contributed by atoms with van der Waals surface area (Å²) < 4.78 is 5.38. The molecule has 1 heterocycles. The molecule has 116 valence electrons. The molecule has 1 rings (SSSR count). The average Bonchev–Trinajstić information content (AvgIpc) is 2.80. The molecule has 5 nitrogen and oxygen atoms in total. The minimum Gasteiger partial charge on any atom is -0.444 e. The fourth-order valence-corrected chi connectivity index (χ4v) is 2.50. The van der Waals surface area contributed by atoms with Gasteiger partial charge in [-0.1, -0.05) is 0 Å². The van der Waals surface area contributed by atoms with E-state index in [9.17, 15) is 9.59 Å². The lowest BCUT2D eigenvalue weighted by Gasteiger charge is -2.31. The summed E-state index contributed by atoms with van der Waals surface area (Å²) in [7, 11) is 0. The Morgan fingerprint density at radius 1 is 1.40 bits per heavy atom. The monoisotopic (exact) mass is 304 g/mol. The Bertz CT molecular complexity index is 355. The smallest absolute Gasteiger partial charge is 0.410 e. The molecule has 0 bridgehead atoms.